The molecule has 38 heavy (non-hydrogen) atoms. The van der Waals surface area contributed by atoms with E-state index in [4.69, 9.17) is 14.7 Å². The smallest absolute Gasteiger partial charge is 0.354 e. The van der Waals surface area contributed by atoms with Gasteiger partial charge < -0.3 is 30.3 Å². The van der Waals surface area contributed by atoms with Crippen molar-refractivity contribution in [2.24, 2.45) is 0 Å². The first-order valence-corrected chi connectivity index (χ1v) is 12.6. The molecule has 0 aliphatic carbocycles. The van der Waals surface area contributed by atoms with Crippen LogP contribution in [-0.2, 0) is 17.7 Å². The van der Waals surface area contributed by atoms with Gasteiger partial charge in [-0.25, -0.2) is 29.5 Å². The standard InChI is InChI=1S/C26H30N8O4/c1-3-27-26(37)29-18-6-4-17(5-7-18)22-30-21-15-34(25-28-16(2)14-20(31-25)24(35)36)9-8-19(21)23(32-22)33-10-12-38-13-11-33/h4-7,14H,3,8-13,15H2,1-2H3,(H,35,36)(H2,27,29,37). The number of carbonyl (C=O) groups is 2. The predicted octanol–water partition coefficient (Wildman–Crippen LogP) is 2.48. The van der Waals surface area contributed by atoms with Crippen molar-refractivity contribution in [2.75, 3.05) is 54.5 Å². The van der Waals surface area contributed by atoms with Gasteiger partial charge in [-0.05, 0) is 50.6 Å². The molecule has 12 heteroatoms. The predicted molar refractivity (Wildman–Crippen MR) is 142 cm³/mol. The summed E-state index contributed by atoms with van der Waals surface area (Å²) >= 11 is 0. The lowest BCUT2D eigenvalue weighted by atomic mass is 10.0. The number of amides is 2. The van der Waals surface area contributed by atoms with Gasteiger partial charge in [0, 0.05) is 48.7 Å². The first-order valence-electron chi connectivity index (χ1n) is 12.6. The van der Waals surface area contributed by atoms with E-state index in [9.17, 15) is 14.7 Å². The zero-order chi connectivity index (χ0) is 26.6. The molecule has 0 atom stereocenters. The zero-order valence-electron chi connectivity index (χ0n) is 21.4. The lowest BCUT2D eigenvalue weighted by Gasteiger charge is -2.34. The number of benzene rings is 1. The number of aromatic nitrogens is 4. The normalized spacial score (nSPS) is 15.1. The number of ether oxygens (including phenoxy) is 1. The van der Waals surface area contributed by atoms with Crippen LogP contribution < -0.4 is 20.4 Å². The van der Waals surface area contributed by atoms with Gasteiger partial charge in [0.05, 0.1) is 25.5 Å². The Bertz CT molecular complexity index is 1340. The van der Waals surface area contributed by atoms with Crippen molar-refractivity contribution in [3.8, 4) is 11.4 Å². The lowest BCUT2D eigenvalue weighted by Crippen LogP contribution is -2.40. The molecule has 12 nitrogen and oxygen atoms in total. The fourth-order valence-electron chi connectivity index (χ4n) is 4.59. The van der Waals surface area contributed by atoms with Crippen molar-refractivity contribution in [3.05, 3.63) is 53.0 Å². The molecular formula is C26H30N8O4. The minimum atomic E-state index is -1.08. The van der Waals surface area contributed by atoms with Gasteiger partial charge in [0.1, 0.15) is 5.82 Å². The first-order chi connectivity index (χ1) is 18.4. The van der Waals surface area contributed by atoms with Gasteiger partial charge in [0.25, 0.3) is 0 Å². The van der Waals surface area contributed by atoms with E-state index in [1.807, 2.05) is 36.1 Å². The Balaban J connectivity index is 1.49. The molecule has 0 saturated carbocycles. The second-order valence-electron chi connectivity index (χ2n) is 9.13. The van der Waals surface area contributed by atoms with Crippen LogP contribution in [0.1, 0.15) is 34.4 Å². The molecule has 2 aromatic heterocycles. The van der Waals surface area contributed by atoms with E-state index in [2.05, 4.69) is 25.5 Å². The highest BCUT2D eigenvalue weighted by molar-refractivity contribution is 5.89. The van der Waals surface area contributed by atoms with E-state index in [-0.39, 0.29) is 11.7 Å². The van der Waals surface area contributed by atoms with Gasteiger partial charge in [-0.1, -0.05) is 0 Å². The molecule has 2 aliphatic rings. The molecule has 3 aromatic rings. The SMILES string of the molecule is CCNC(=O)Nc1ccc(-c2nc3c(c(N4CCOCC4)n2)CCN(c2nc(C)cc(C(=O)O)n2)C3)cc1. The quantitative estimate of drug-likeness (QED) is 0.445. The van der Waals surface area contributed by atoms with Crippen LogP contribution in [0.5, 0.6) is 0 Å². The van der Waals surface area contributed by atoms with E-state index in [0.717, 1.165) is 35.7 Å². The zero-order valence-corrected chi connectivity index (χ0v) is 21.4. The van der Waals surface area contributed by atoms with Crippen LogP contribution in [0.3, 0.4) is 0 Å². The maximum absolute atomic E-state index is 11.9. The molecule has 0 bridgehead atoms. The number of urea groups is 1. The number of aryl methyl sites for hydroxylation is 1. The number of hydrogen-bond acceptors (Lipinski definition) is 9. The van der Waals surface area contributed by atoms with Gasteiger partial charge in [0.2, 0.25) is 5.95 Å². The Morgan fingerprint density at radius 3 is 2.50 bits per heavy atom. The van der Waals surface area contributed by atoms with Gasteiger partial charge in [-0.15, -0.1) is 0 Å². The molecule has 1 fully saturated rings. The molecule has 4 heterocycles. The number of hydrogen-bond donors (Lipinski definition) is 3. The molecule has 0 unspecified atom stereocenters. The molecule has 0 radical (unpaired) electrons. The second-order valence-corrected chi connectivity index (χ2v) is 9.13. The second kappa shape index (κ2) is 11.0. The summed E-state index contributed by atoms with van der Waals surface area (Å²) in [6.45, 7) is 7.97. The summed E-state index contributed by atoms with van der Waals surface area (Å²) in [6.07, 6.45) is 0.678. The van der Waals surface area contributed by atoms with E-state index >= 15 is 0 Å². The Kier molecular flexibility index (Phi) is 7.31. The fraction of sp³-hybridized carbons (Fsp3) is 0.385. The van der Waals surface area contributed by atoms with E-state index in [1.165, 1.54) is 6.07 Å². The number of rotatable bonds is 6. The van der Waals surface area contributed by atoms with Gasteiger partial charge in [-0.2, -0.15) is 0 Å². The van der Waals surface area contributed by atoms with Crippen LogP contribution in [0, 0.1) is 6.92 Å². The molecule has 0 spiro atoms. The fourth-order valence-corrected chi connectivity index (χ4v) is 4.59. The number of nitrogens with zero attached hydrogens (tertiary/aromatic N) is 6. The Labute approximate surface area is 220 Å². The van der Waals surface area contributed by atoms with Crippen LogP contribution in [0.4, 0.5) is 22.2 Å². The average molecular weight is 519 g/mol. The molecule has 3 N–H and O–H groups in total. The Morgan fingerprint density at radius 1 is 1.03 bits per heavy atom. The minimum absolute atomic E-state index is 0.0306. The highest BCUT2D eigenvalue weighted by atomic mass is 16.5. The topological polar surface area (TPSA) is 146 Å². The van der Waals surface area contributed by atoms with Crippen LogP contribution in [0.2, 0.25) is 0 Å². The number of carbonyl (C=O) groups excluding carboxylic acids is 1. The number of fused-ring (bicyclic) bond motifs is 1. The number of nitrogens with one attached hydrogen (secondary N) is 2. The van der Waals surface area contributed by atoms with Crippen LogP contribution in [-0.4, -0.2) is 76.4 Å². The molecular weight excluding hydrogens is 488 g/mol. The summed E-state index contributed by atoms with van der Waals surface area (Å²) in [4.78, 5) is 46.3. The van der Waals surface area contributed by atoms with E-state index < -0.39 is 5.97 Å². The Hall–Kier alpha value is -4.32. The molecule has 5 rings (SSSR count). The van der Waals surface area contributed by atoms with Crippen molar-refractivity contribution in [1.82, 2.24) is 25.3 Å². The number of anilines is 3. The maximum Gasteiger partial charge on any atom is 0.354 e. The monoisotopic (exact) mass is 518 g/mol. The molecule has 2 amide bonds. The van der Waals surface area contributed by atoms with Crippen LogP contribution in [0.15, 0.2) is 30.3 Å². The summed E-state index contributed by atoms with van der Waals surface area (Å²) in [5, 5.41) is 15.0. The molecule has 1 aromatic carbocycles. The summed E-state index contributed by atoms with van der Waals surface area (Å²) < 4.78 is 5.56. The van der Waals surface area contributed by atoms with Crippen molar-refractivity contribution in [1.29, 1.82) is 0 Å². The van der Waals surface area contributed by atoms with E-state index in [0.29, 0.717) is 62.4 Å². The number of aromatic carboxylic acids is 1. The number of carboxylic acids is 1. The molecule has 2 aliphatic heterocycles. The van der Waals surface area contributed by atoms with Crippen molar-refractivity contribution < 1.29 is 19.4 Å². The third-order valence-electron chi connectivity index (χ3n) is 6.44. The average Bonchev–Trinajstić information content (AvgIpc) is 2.92. The summed E-state index contributed by atoms with van der Waals surface area (Å²) in [5.74, 6) is 0.766. The third-order valence-corrected chi connectivity index (χ3v) is 6.44. The van der Waals surface area contributed by atoms with E-state index in [1.54, 1.807) is 6.92 Å². The van der Waals surface area contributed by atoms with Crippen LogP contribution >= 0.6 is 0 Å². The summed E-state index contributed by atoms with van der Waals surface area (Å²) in [7, 11) is 0. The van der Waals surface area contributed by atoms with Gasteiger partial charge in [0.15, 0.2) is 11.5 Å². The summed E-state index contributed by atoms with van der Waals surface area (Å²) in [5.41, 5.74) is 3.99. The number of carboxylic acid groups (broad SMARTS) is 1. The minimum Gasteiger partial charge on any atom is -0.477 e. The van der Waals surface area contributed by atoms with Crippen LogP contribution in [0.25, 0.3) is 11.4 Å². The maximum atomic E-state index is 11.9. The first kappa shape index (κ1) is 25.3. The van der Waals surface area contributed by atoms with Gasteiger partial charge in [-0.3, -0.25) is 0 Å². The highest BCUT2D eigenvalue weighted by Crippen LogP contribution is 2.31. The Morgan fingerprint density at radius 2 is 1.79 bits per heavy atom. The molecule has 1 saturated heterocycles. The molecule has 198 valence electrons. The lowest BCUT2D eigenvalue weighted by molar-refractivity contribution is 0.0690. The summed E-state index contributed by atoms with van der Waals surface area (Å²) in [6, 6.07) is 8.62. The highest BCUT2D eigenvalue weighted by Gasteiger charge is 2.28. The van der Waals surface area contributed by atoms with Crippen molar-refractivity contribution >= 4 is 29.5 Å². The largest absolute Gasteiger partial charge is 0.477 e. The number of morpholine rings is 1. The van der Waals surface area contributed by atoms with Crippen molar-refractivity contribution in [2.45, 2.75) is 26.8 Å². The third kappa shape index (κ3) is 5.49. The van der Waals surface area contributed by atoms with Gasteiger partial charge >= 0.3 is 12.0 Å². The van der Waals surface area contributed by atoms with Crippen molar-refractivity contribution in [3.63, 3.8) is 0 Å².